The molecule has 0 radical (unpaired) electrons. The maximum absolute atomic E-state index is 12.6. The average molecular weight is 375 g/mol. The highest BCUT2D eigenvalue weighted by atomic mass is 32.2. The van der Waals surface area contributed by atoms with Crippen molar-refractivity contribution < 1.29 is 8.42 Å². The van der Waals surface area contributed by atoms with Crippen LogP contribution in [0.3, 0.4) is 0 Å². The molecule has 0 aliphatic carbocycles. The number of aryl methyl sites for hydroxylation is 2. The molecule has 25 heavy (non-hydrogen) atoms. The van der Waals surface area contributed by atoms with Crippen molar-refractivity contribution in [2.45, 2.75) is 44.4 Å². The van der Waals surface area contributed by atoms with Gasteiger partial charge in [0, 0.05) is 0 Å². The van der Waals surface area contributed by atoms with Gasteiger partial charge in [0.2, 0.25) is 0 Å². The Bertz CT molecular complexity index is 961. The normalized spacial score (nSPS) is 11.8. The van der Waals surface area contributed by atoms with E-state index >= 15 is 0 Å². The molecule has 2 aromatic carbocycles. The quantitative estimate of drug-likeness (QED) is 0.583. The molecule has 0 aliphatic rings. The number of nitrogens with zero attached hydrogens (tertiary/aromatic N) is 1. The van der Waals surface area contributed by atoms with Crippen LogP contribution < -0.4 is 4.72 Å². The highest BCUT2D eigenvalue weighted by Gasteiger charge is 2.14. The van der Waals surface area contributed by atoms with Gasteiger partial charge in [0.1, 0.15) is 0 Å². The van der Waals surface area contributed by atoms with Gasteiger partial charge in [0.25, 0.3) is 10.0 Å². The van der Waals surface area contributed by atoms with E-state index in [2.05, 4.69) is 16.6 Å². The first kappa shape index (κ1) is 17.9. The Kier molecular flexibility index (Phi) is 5.39. The summed E-state index contributed by atoms with van der Waals surface area (Å²) in [6.45, 7) is 4.11. The average Bonchev–Trinajstić information content (AvgIpc) is 2.94. The monoisotopic (exact) mass is 374 g/mol. The summed E-state index contributed by atoms with van der Waals surface area (Å²) < 4.78 is 28.9. The Hall–Kier alpha value is -1.92. The zero-order valence-corrected chi connectivity index (χ0v) is 16.1. The highest BCUT2D eigenvalue weighted by molar-refractivity contribution is 7.92. The van der Waals surface area contributed by atoms with Gasteiger partial charge >= 0.3 is 0 Å². The van der Waals surface area contributed by atoms with Gasteiger partial charge in [-0.1, -0.05) is 31.9 Å². The third-order valence-corrected chi connectivity index (χ3v) is 6.40. The first-order chi connectivity index (χ1) is 12.0. The maximum Gasteiger partial charge on any atom is 0.261 e. The molecule has 4 nitrogen and oxygen atoms in total. The molecular weight excluding hydrogens is 352 g/mol. The van der Waals surface area contributed by atoms with Crippen LogP contribution in [0.4, 0.5) is 5.69 Å². The third-order valence-electron chi connectivity index (χ3n) is 4.05. The van der Waals surface area contributed by atoms with Gasteiger partial charge in [-0.2, -0.15) is 0 Å². The molecule has 3 aromatic rings. The van der Waals surface area contributed by atoms with E-state index in [1.807, 2.05) is 25.1 Å². The van der Waals surface area contributed by atoms with Gasteiger partial charge in [0.05, 0.1) is 25.8 Å². The number of rotatable bonds is 7. The summed E-state index contributed by atoms with van der Waals surface area (Å²) in [6.07, 6.45) is 4.49. The van der Waals surface area contributed by atoms with Crippen molar-refractivity contribution in [1.29, 1.82) is 0 Å². The van der Waals surface area contributed by atoms with Crippen molar-refractivity contribution in [3.05, 3.63) is 53.0 Å². The Labute approximate surface area is 153 Å². The van der Waals surface area contributed by atoms with Crippen LogP contribution in [0.25, 0.3) is 10.2 Å². The van der Waals surface area contributed by atoms with Crippen molar-refractivity contribution >= 4 is 37.3 Å². The fourth-order valence-corrected chi connectivity index (χ4v) is 4.59. The summed E-state index contributed by atoms with van der Waals surface area (Å²) >= 11 is 1.60. The molecule has 0 saturated heterocycles. The van der Waals surface area contributed by atoms with E-state index < -0.39 is 10.0 Å². The first-order valence-electron chi connectivity index (χ1n) is 8.47. The second-order valence-corrected chi connectivity index (χ2v) is 9.04. The van der Waals surface area contributed by atoms with Crippen molar-refractivity contribution in [2.75, 3.05) is 4.72 Å². The molecular formula is C19H22N2O2S2. The molecule has 0 aliphatic heterocycles. The number of anilines is 1. The molecule has 0 saturated carbocycles. The van der Waals surface area contributed by atoms with E-state index in [9.17, 15) is 8.42 Å². The zero-order valence-electron chi connectivity index (χ0n) is 14.5. The number of hydrogen-bond donors (Lipinski definition) is 1. The Morgan fingerprint density at radius 3 is 2.56 bits per heavy atom. The van der Waals surface area contributed by atoms with E-state index in [0.717, 1.165) is 28.1 Å². The lowest BCUT2D eigenvalue weighted by molar-refractivity contribution is 0.601. The lowest BCUT2D eigenvalue weighted by atomic mass is 10.1. The molecule has 132 valence electrons. The van der Waals surface area contributed by atoms with Crippen LogP contribution in [0.1, 0.15) is 36.8 Å². The fraction of sp³-hybridized carbons (Fsp3) is 0.316. The predicted molar refractivity (Wildman–Crippen MR) is 105 cm³/mol. The zero-order chi connectivity index (χ0) is 17.9. The van der Waals surface area contributed by atoms with E-state index in [1.165, 1.54) is 18.4 Å². The van der Waals surface area contributed by atoms with Crippen molar-refractivity contribution in [2.24, 2.45) is 0 Å². The first-order valence-corrected chi connectivity index (χ1v) is 10.8. The lowest BCUT2D eigenvalue weighted by Gasteiger charge is -2.09. The topological polar surface area (TPSA) is 59.1 Å². The molecule has 0 fully saturated rings. The van der Waals surface area contributed by atoms with Gasteiger partial charge in [0.15, 0.2) is 0 Å². The minimum Gasteiger partial charge on any atom is -0.280 e. The van der Waals surface area contributed by atoms with Crippen LogP contribution in [0.5, 0.6) is 0 Å². The number of unbranched alkanes of at least 4 members (excludes halogenated alkanes) is 2. The van der Waals surface area contributed by atoms with Crippen LogP contribution in [0.2, 0.25) is 0 Å². The van der Waals surface area contributed by atoms with Crippen molar-refractivity contribution in [3.63, 3.8) is 0 Å². The summed E-state index contributed by atoms with van der Waals surface area (Å²) in [5.74, 6) is 0. The second-order valence-electron chi connectivity index (χ2n) is 6.12. The molecule has 0 unspecified atom stereocenters. The number of benzene rings is 2. The molecule has 1 heterocycles. The summed E-state index contributed by atoms with van der Waals surface area (Å²) in [5.41, 5.74) is 2.52. The number of nitrogens with one attached hydrogen (secondary N) is 1. The van der Waals surface area contributed by atoms with Gasteiger partial charge in [-0.3, -0.25) is 4.72 Å². The number of hydrogen-bond acceptors (Lipinski definition) is 4. The summed E-state index contributed by atoms with van der Waals surface area (Å²) in [6, 6.07) is 12.6. The van der Waals surface area contributed by atoms with Crippen LogP contribution >= 0.6 is 11.3 Å². The van der Waals surface area contributed by atoms with E-state index in [4.69, 9.17) is 0 Å². The lowest BCUT2D eigenvalue weighted by Crippen LogP contribution is -2.12. The molecule has 0 bridgehead atoms. The molecule has 0 spiro atoms. The van der Waals surface area contributed by atoms with E-state index in [0.29, 0.717) is 5.69 Å². The molecule has 0 atom stereocenters. The summed E-state index contributed by atoms with van der Waals surface area (Å²) in [5, 5.41) is 0.966. The number of thiazole rings is 1. The van der Waals surface area contributed by atoms with Crippen LogP contribution in [0, 0.1) is 6.92 Å². The number of sulfonamides is 1. The Morgan fingerprint density at radius 1 is 1.08 bits per heavy atom. The number of aromatic nitrogens is 1. The van der Waals surface area contributed by atoms with E-state index in [1.54, 1.807) is 35.6 Å². The van der Waals surface area contributed by atoms with Crippen molar-refractivity contribution in [3.8, 4) is 0 Å². The highest BCUT2D eigenvalue weighted by Crippen LogP contribution is 2.26. The minimum atomic E-state index is -3.59. The minimum absolute atomic E-state index is 0.279. The van der Waals surface area contributed by atoms with Gasteiger partial charge in [-0.25, -0.2) is 13.4 Å². The molecule has 0 amide bonds. The molecule has 1 aromatic heterocycles. The van der Waals surface area contributed by atoms with Gasteiger partial charge in [-0.15, -0.1) is 11.3 Å². The summed E-state index contributed by atoms with van der Waals surface area (Å²) in [7, 11) is -3.59. The van der Waals surface area contributed by atoms with Crippen LogP contribution in [-0.2, 0) is 16.4 Å². The maximum atomic E-state index is 12.6. The van der Waals surface area contributed by atoms with E-state index in [-0.39, 0.29) is 4.90 Å². The van der Waals surface area contributed by atoms with Crippen LogP contribution in [-0.4, -0.2) is 13.4 Å². The van der Waals surface area contributed by atoms with Gasteiger partial charge in [-0.05, 0) is 55.7 Å². The number of fused-ring (bicyclic) bond motifs is 1. The smallest absolute Gasteiger partial charge is 0.261 e. The largest absolute Gasteiger partial charge is 0.280 e. The summed E-state index contributed by atoms with van der Waals surface area (Å²) in [4.78, 5) is 4.69. The predicted octanol–water partition coefficient (Wildman–Crippen LogP) is 5.14. The van der Waals surface area contributed by atoms with Gasteiger partial charge < -0.3 is 0 Å². The second kappa shape index (κ2) is 7.54. The van der Waals surface area contributed by atoms with Crippen molar-refractivity contribution in [1.82, 2.24) is 4.98 Å². The van der Waals surface area contributed by atoms with Crippen LogP contribution in [0.15, 0.2) is 47.4 Å². The Balaban J connectivity index is 1.75. The molecule has 1 N–H and O–H groups in total. The SMILES string of the molecule is CCCCCc1ccc(S(=O)(=O)Nc2ccc3sc(C)nc3c2)cc1. The Morgan fingerprint density at radius 2 is 1.84 bits per heavy atom. The fourth-order valence-electron chi connectivity index (χ4n) is 2.73. The molecule has 3 rings (SSSR count). The third kappa shape index (κ3) is 4.38. The molecule has 6 heteroatoms. The standard InChI is InChI=1S/C19H22N2O2S2/c1-3-4-5-6-15-7-10-17(11-8-15)25(22,23)21-16-9-12-19-18(13-16)20-14(2)24-19/h7-13,21H,3-6H2,1-2H3.